The molecular formula is C13H12N4OS. The number of thiazole rings is 1. The van der Waals surface area contributed by atoms with Crippen LogP contribution in [0.3, 0.4) is 0 Å². The Hall–Kier alpha value is -2.21. The number of carbonyl (C=O) groups is 1. The van der Waals surface area contributed by atoms with Crippen LogP contribution in [0.25, 0.3) is 10.9 Å². The summed E-state index contributed by atoms with van der Waals surface area (Å²) in [6, 6.07) is 5.45. The van der Waals surface area contributed by atoms with E-state index in [0.29, 0.717) is 12.1 Å². The molecule has 0 spiro atoms. The molecule has 0 fully saturated rings. The van der Waals surface area contributed by atoms with Gasteiger partial charge in [-0.05, 0) is 25.1 Å². The average molecular weight is 272 g/mol. The minimum absolute atomic E-state index is 0.101. The molecule has 1 aromatic carbocycles. The topological polar surface area (TPSA) is 70.7 Å². The lowest BCUT2D eigenvalue weighted by Crippen LogP contribution is -2.22. The number of amides is 1. The zero-order valence-electron chi connectivity index (χ0n) is 10.3. The van der Waals surface area contributed by atoms with Crippen LogP contribution < -0.4 is 5.32 Å². The van der Waals surface area contributed by atoms with E-state index in [-0.39, 0.29) is 5.91 Å². The number of nitrogens with zero attached hydrogens (tertiary/aromatic N) is 2. The maximum Gasteiger partial charge on any atom is 0.251 e. The summed E-state index contributed by atoms with van der Waals surface area (Å²) < 4.78 is 0. The fourth-order valence-electron chi connectivity index (χ4n) is 1.83. The first kappa shape index (κ1) is 11.9. The maximum atomic E-state index is 12.0. The summed E-state index contributed by atoms with van der Waals surface area (Å²) >= 11 is 1.55. The first-order chi connectivity index (χ1) is 9.22. The van der Waals surface area contributed by atoms with Crippen LogP contribution in [-0.2, 0) is 6.54 Å². The van der Waals surface area contributed by atoms with Crippen LogP contribution in [0.15, 0.2) is 29.8 Å². The van der Waals surface area contributed by atoms with E-state index in [1.54, 1.807) is 23.6 Å². The second-order valence-corrected chi connectivity index (χ2v) is 5.18. The van der Waals surface area contributed by atoms with Gasteiger partial charge in [-0.25, -0.2) is 4.98 Å². The Morgan fingerprint density at radius 1 is 1.47 bits per heavy atom. The molecule has 1 amide bonds. The minimum Gasteiger partial charge on any atom is -0.346 e. The predicted molar refractivity (Wildman–Crippen MR) is 74.1 cm³/mol. The normalized spacial score (nSPS) is 10.8. The number of carbonyl (C=O) groups excluding carboxylic acids is 1. The molecule has 0 aliphatic heterocycles. The minimum atomic E-state index is -0.101. The van der Waals surface area contributed by atoms with Crippen molar-refractivity contribution in [3.63, 3.8) is 0 Å². The molecule has 2 aromatic heterocycles. The van der Waals surface area contributed by atoms with Crippen molar-refractivity contribution in [2.75, 3.05) is 0 Å². The zero-order chi connectivity index (χ0) is 13.2. The number of fused-ring (bicyclic) bond motifs is 1. The van der Waals surface area contributed by atoms with E-state index >= 15 is 0 Å². The van der Waals surface area contributed by atoms with Crippen molar-refractivity contribution < 1.29 is 4.79 Å². The van der Waals surface area contributed by atoms with E-state index in [1.807, 2.05) is 24.4 Å². The molecule has 0 bridgehead atoms. The second-order valence-electron chi connectivity index (χ2n) is 4.24. The number of rotatable bonds is 3. The summed E-state index contributed by atoms with van der Waals surface area (Å²) in [6.45, 7) is 2.40. The van der Waals surface area contributed by atoms with Crippen molar-refractivity contribution in [1.82, 2.24) is 20.5 Å². The summed E-state index contributed by atoms with van der Waals surface area (Å²) in [5.74, 6) is -0.101. The standard InChI is InChI=1S/C13H12N4OS/c1-8-7-19-12(16-8)6-14-13(18)9-2-3-11-10(4-9)5-15-17-11/h2-5,7H,6H2,1H3,(H,14,18)(H,15,17). The van der Waals surface area contributed by atoms with Gasteiger partial charge in [0.05, 0.1) is 18.3 Å². The molecule has 96 valence electrons. The summed E-state index contributed by atoms with van der Waals surface area (Å²) in [4.78, 5) is 16.3. The molecule has 0 atom stereocenters. The van der Waals surface area contributed by atoms with Crippen LogP contribution in [0, 0.1) is 6.92 Å². The monoisotopic (exact) mass is 272 g/mol. The molecule has 0 aliphatic carbocycles. The number of nitrogens with one attached hydrogen (secondary N) is 2. The first-order valence-corrected chi connectivity index (χ1v) is 6.73. The molecule has 3 aromatic rings. The van der Waals surface area contributed by atoms with Gasteiger partial charge in [-0.1, -0.05) is 0 Å². The lowest BCUT2D eigenvalue weighted by molar-refractivity contribution is 0.0951. The Kier molecular flexibility index (Phi) is 3.00. The van der Waals surface area contributed by atoms with Crippen LogP contribution in [0.2, 0.25) is 0 Å². The van der Waals surface area contributed by atoms with Gasteiger partial charge in [-0.15, -0.1) is 11.3 Å². The molecule has 0 unspecified atom stereocenters. The smallest absolute Gasteiger partial charge is 0.251 e. The quantitative estimate of drug-likeness (QED) is 0.768. The van der Waals surface area contributed by atoms with Gasteiger partial charge < -0.3 is 5.32 Å². The molecule has 5 nitrogen and oxygen atoms in total. The van der Waals surface area contributed by atoms with Gasteiger partial charge >= 0.3 is 0 Å². The average Bonchev–Trinajstić information content (AvgIpc) is 3.03. The third-order valence-corrected chi connectivity index (χ3v) is 3.74. The van der Waals surface area contributed by atoms with E-state index in [2.05, 4.69) is 20.5 Å². The molecule has 0 saturated heterocycles. The molecule has 0 saturated carbocycles. The third kappa shape index (κ3) is 2.48. The molecule has 2 N–H and O–H groups in total. The van der Waals surface area contributed by atoms with Gasteiger partial charge in [0.15, 0.2) is 0 Å². The third-order valence-electron chi connectivity index (χ3n) is 2.77. The first-order valence-electron chi connectivity index (χ1n) is 5.85. The fraction of sp³-hybridized carbons (Fsp3) is 0.154. The zero-order valence-corrected chi connectivity index (χ0v) is 11.1. The Labute approximate surface area is 113 Å². The number of hydrogen-bond acceptors (Lipinski definition) is 4. The molecule has 2 heterocycles. The number of hydrogen-bond donors (Lipinski definition) is 2. The largest absolute Gasteiger partial charge is 0.346 e. The molecule has 6 heteroatoms. The highest BCUT2D eigenvalue weighted by atomic mass is 32.1. The van der Waals surface area contributed by atoms with E-state index in [9.17, 15) is 4.79 Å². The Morgan fingerprint density at radius 2 is 2.37 bits per heavy atom. The van der Waals surface area contributed by atoms with Crippen LogP contribution >= 0.6 is 11.3 Å². The molecular weight excluding hydrogens is 260 g/mol. The van der Waals surface area contributed by atoms with Crippen molar-refractivity contribution in [3.05, 3.63) is 46.0 Å². The van der Waals surface area contributed by atoms with Crippen molar-refractivity contribution >= 4 is 28.1 Å². The van der Waals surface area contributed by atoms with Crippen molar-refractivity contribution in [1.29, 1.82) is 0 Å². The van der Waals surface area contributed by atoms with Crippen LogP contribution in [0.1, 0.15) is 21.1 Å². The van der Waals surface area contributed by atoms with Gasteiger partial charge in [0.2, 0.25) is 0 Å². The van der Waals surface area contributed by atoms with Crippen LogP contribution in [0.4, 0.5) is 0 Å². The Morgan fingerprint density at radius 3 is 3.16 bits per heavy atom. The van der Waals surface area contributed by atoms with Crippen LogP contribution in [0.5, 0.6) is 0 Å². The highest BCUT2D eigenvalue weighted by Crippen LogP contribution is 2.13. The van der Waals surface area contributed by atoms with Crippen molar-refractivity contribution in [2.45, 2.75) is 13.5 Å². The number of aryl methyl sites for hydroxylation is 1. The van der Waals surface area contributed by atoms with E-state index in [4.69, 9.17) is 0 Å². The lowest BCUT2D eigenvalue weighted by atomic mass is 10.1. The lowest BCUT2D eigenvalue weighted by Gasteiger charge is -2.03. The summed E-state index contributed by atoms with van der Waals surface area (Å²) in [5, 5.41) is 13.5. The number of aromatic amines is 1. The number of H-pyrrole nitrogens is 1. The molecule has 0 radical (unpaired) electrons. The van der Waals surface area contributed by atoms with Gasteiger partial charge in [0, 0.05) is 22.0 Å². The summed E-state index contributed by atoms with van der Waals surface area (Å²) in [7, 11) is 0. The van der Waals surface area contributed by atoms with Gasteiger partial charge in [-0.3, -0.25) is 9.89 Å². The van der Waals surface area contributed by atoms with Crippen LogP contribution in [-0.4, -0.2) is 21.1 Å². The Bertz CT molecular complexity index is 731. The maximum absolute atomic E-state index is 12.0. The second kappa shape index (κ2) is 4.81. The summed E-state index contributed by atoms with van der Waals surface area (Å²) in [5.41, 5.74) is 2.53. The highest BCUT2D eigenvalue weighted by molar-refractivity contribution is 7.09. The van der Waals surface area contributed by atoms with Gasteiger partial charge in [0.25, 0.3) is 5.91 Å². The highest BCUT2D eigenvalue weighted by Gasteiger charge is 2.08. The SMILES string of the molecule is Cc1csc(CNC(=O)c2ccc3[nH]ncc3c2)n1. The molecule has 3 rings (SSSR count). The van der Waals surface area contributed by atoms with Crippen molar-refractivity contribution in [2.24, 2.45) is 0 Å². The Balaban J connectivity index is 1.72. The number of benzene rings is 1. The van der Waals surface area contributed by atoms with E-state index in [0.717, 1.165) is 21.6 Å². The van der Waals surface area contributed by atoms with Crippen molar-refractivity contribution in [3.8, 4) is 0 Å². The number of aromatic nitrogens is 3. The van der Waals surface area contributed by atoms with E-state index in [1.165, 1.54) is 0 Å². The predicted octanol–water partition coefficient (Wildman–Crippen LogP) is 2.26. The van der Waals surface area contributed by atoms with Gasteiger partial charge in [-0.2, -0.15) is 5.10 Å². The summed E-state index contributed by atoms with van der Waals surface area (Å²) in [6.07, 6.45) is 1.70. The van der Waals surface area contributed by atoms with Gasteiger partial charge in [0.1, 0.15) is 5.01 Å². The fourth-order valence-corrected chi connectivity index (χ4v) is 2.54. The van der Waals surface area contributed by atoms with E-state index < -0.39 is 0 Å². The molecule has 19 heavy (non-hydrogen) atoms. The molecule has 0 aliphatic rings.